The highest BCUT2D eigenvalue weighted by Crippen LogP contribution is 2.38. The zero-order valence-corrected chi connectivity index (χ0v) is 15.4. The van der Waals surface area contributed by atoms with Crippen LogP contribution in [0.3, 0.4) is 0 Å². The molecule has 10 heteroatoms. The Labute approximate surface area is 158 Å². The van der Waals surface area contributed by atoms with E-state index >= 15 is 0 Å². The number of rotatable bonds is 4. The minimum Gasteiger partial charge on any atom is -0.481 e. The molecule has 2 heterocycles. The van der Waals surface area contributed by atoms with Crippen LogP contribution in [-0.2, 0) is 9.59 Å². The predicted octanol–water partition coefficient (Wildman–Crippen LogP) is 2.72. The molecule has 2 aliphatic rings. The van der Waals surface area contributed by atoms with Gasteiger partial charge in [0, 0.05) is 23.7 Å². The molecule has 1 aromatic carbocycles. The second kappa shape index (κ2) is 7.34. The standard InChI is InChI=1S/C17H19F2N3O4S/c1-17(15(24)25)4-5-21(9-17)16(26)20-10-2-3-12-11(6-10)22(7-13(18)19)14(23)8-27-12/h2-3,6,13H,4-5,7-9H2,1H3,(H,20,26)(H,24,25). The topological polar surface area (TPSA) is 89.9 Å². The number of amides is 3. The van der Waals surface area contributed by atoms with Crippen LogP contribution in [0, 0.1) is 5.41 Å². The molecule has 0 aromatic heterocycles. The van der Waals surface area contributed by atoms with Gasteiger partial charge in [0.2, 0.25) is 5.91 Å². The molecule has 7 nitrogen and oxygen atoms in total. The quantitative estimate of drug-likeness (QED) is 0.813. The van der Waals surface area contributed by atoms with Crippen molar-refractivity contribution >= 4 is 41.0 Å². The summed E-state index contributed by atoms with van der Waals surface area (Å²) in [6.45, 7) is 1.29. The van der Waals surface area contributed by atoms with E-state index in [2.05, 4.69) is 5.32 Å². The Kier molecular flexibility index (Phi) is 5.27. The Morgan fingerprint density at radius 1 is 1.41 bits per heavy atom. The van der Waals surface area contributed by atoms with E-state index in [9.17, 15) is 28.3 Å². The zero-order chi connectivity index (χ0) is 19.8. The van der Waals surface area contributed by atoms with Crippen molar-refractivity contribution in [2.24, 2.45) is 5.41 Å². The van der Waals surface area contributed by atoms with Crippen molar-refractivity contribution in [3.8, 4) is 0 Å². The van der Waals surface area contributed by atoms with Crippen molar-refractivity contribution in [1.29, 1.82) is 0 Å². The molecule has 27 heavy (non-hydrogen) atoms. The Balaban J connectivity index is 1.75. The number of carbonyl (C=O) groups is 3. The molecule has 1 atom stereocenters. The first-order chi connectivity index (χ1) is 12.7. The first-order valence-corrected chi connectivity index (χ1v) is 9.33. The van der Waals surface area contributed by atoms with E-state index in [0.29, 0.717) is 29.2 Å². The van der Waals surface area contributed by atoms with Gasteiger partial charge < -0.3 is 20.2 Å². The molecular weight excluding hydrogens is 380 g/mol. The molecule has 3 rings (SSSR count). The summed E-state index contributed by atoms with van der Waals surface area (Å²) in [6.07, 6.45) is -2.31. The number of benzene rings is 1. The molecule has 0 radical (unpaired) electrons. The number of anilines is 2. The number of nitrogens with zero attached hydrogens (tertiary/aromatic N) is 2. The van der Waals surface area contributed by atoms with Gasteiger partial charge in [0.25, 0.3) is 6.43 Å². The highest BCUT2D eigenvalue weighted by Gasteiger charge is 2.42. The second-order valence-electron chi connectivity index (χ2n) is 6.83. The predicted molar refractivity (Wildman–Crippen MR) is 96.5 cm³/mol. The van der Waals surface area contributed by atoms with Gasteiger partial charge in [-0.1, -0.05) is 0 Å². The fraction of sp³-hybridized carbons (Fsp3) is 0.471. The van der Waals surface area contributed by atoms with Crippen LogP contribution in [0.15, 0.2) is 23.1 Å². The molecular formula is C17H19F2N3O4S. The lowest BCUT2D eigenvalue weighted by Gasteiger charge is -2.29. The van der Waals surface area contributed by atoms with Crippen molar-refractivity contribution in [2.75, 3.05) is 35.6 Å². The van der Waals surface area contributed by atoms with Crippen molar-refractivity contribution < 1.29 is 28.3 Å². The SMILES string of the molecule is CC1(C(=O)O)CCN(C(=O)Nc2ccc3c(c2)N(CC(F)F)C(=O)CS3)C1. The van der Waals surface area contributed by atoms with E-state index in [1.165, 1.54) is 22.7 Å². The summed E-state index contributed by atoms with van der Waals surface area (Å²) in [5.74, 6) is -1.27. The fourth-order valence-electron chi connectivity index (χ4n) is 3.13. The number of carboxylic acids is 1. The largest absolute Gasteiger partial charge is 0.481 e. The van der Waals surface area contributed by atoms with Crippen molar-refractivity contribution in [2.45, 2.75) is 24.7 Å². The molecule has 2 aliphatic heterocycles. The number of likely N-dealkylation sites (tertiary alicyclic amines) is 1. The third-order valence-corrected chi connectivity index (χ3v) is 5.80. The van der Waals surface area contributed by atoms with Crippen LogP contribution >= 0.6 is 11.8 Å². The number of hydrogen-bond acceptors (Lipinski definition) is 4. The van der Waals surface area contributed by atoms with E-state index in [1.807, 2.05) is 0 Å². The first-order valence-electron chi connectivity index (χ1n) is 8.34. The lowest BCUT2D eigenvalue weighted by Crippen LogP contribution is -2.39. The number of urea groups is 1. The molecule has 0 aliphatic carbocycles. The molecule has 146 valence electrons. The van der Waals surface area contributed by atoms with Crippen LogP contribution in [0.1, 0.15) is 13.3 Å². The van der Waals surface area contributed by atoms with E-state index in [1.54, 1.807) is 19.1 Å². The fourth-order valence-corrected chi connectivity index (χ4v) is 4.05. The number of thioether (sulfide) groups is 1. The van der Waals surface area contributed by atoms with Crippen LogP contribution in [-0.4, -0.2) is 59.7 Å². The molecule has 1 saturated heterocycles. The maximum atomic E-state index is 12.8. The van der Waals surface area contributed by atoms with Gasteiger partial charge in [0.15, 0.2) is 0 Å². The van der Waals surface area contributed by atoms with Gasteiger partial charge in [-0.3, -0.25) is 9.59 Å². The summed E-state index contributed by atoms with van der Waals surface area (Å²) in [6, 6.07) is 4.33. The molecule has 1 fully saturated rings. The number of fused-ring (bicyclic) bond motifs is 1. The Hall–Kier alpha value is -2.36. The normalized spacial score (nSPS) is 22.1. The van der Waals surface area contributed by atoms with Crippen LogP contribution < -0.4 is 10.2 Å². The summed E-state index contributed by atoms with van der Waals surface area (Å²) in [7, 11) is 0. The number of alkyl halides is 2. The van der Waals surface area contributed by atoms with Crippen molar-refractivity contribution in [3.63, 3.8) is 0 Å². The molecule has 1 unspecified atom stereocenters. The number of hydrogen-bond donors (Lipinski definition) is 2. The van der Waals surface area contributed by atoms with Crippen LogP contribution in [0.2, 0.25) is 0 Å². The number of halogens is 2. The van der Waals surface area contributed by atoms with E-state index < -0.39 is 36.3 Å². The molecule has 0 bridgehead atoms. The minimum absolute atomic E-state index is 0.0882. The smallest absolute Gasteiger partial charge is 0.321 e. The molecule has 0 saturated carbocycles. The average Bonchev–Trinajstić information content (AvgIpc) is 3.01. The number of carboxylic acid groups (broad SMARTS) is 1. The molecule has 0 spiro atoms. The maximum Gasteiger partial charge on any atom is 0.321 e. The third kappa shape index (κ3) is 4.00. The van der Waals surface area contributed by atoms with Gasteiger partial charge in [-0.15, -0.1) is 11.8 Å². The van der Waals surface area contributed by atoms with Gasteiger partial charge in [-0.05, 0) is 31.5 Å². The number of aliphatic carboxylic acids is 1. The minimum atomic E-state index is -2.67. The second-order valence-corrected chi connectivity index (χ2v) is 7.85. The lowest BCUT2D eigenvalue weighted by atomic mass is 9.90. The van der Waals surface area contributed by atoms with E-state index in [-0.39, 0.29) is 12.3 Å². The summed E-state index contributed by atoms with van der Waals surface area (Å²) in [5, 5.41) is 11.9. The van der Waals surface area contributed by atoms with Gasteiger partial charge >= 0.3 is 12.0 Å². The lowest BCUT2D eigenvalue weighted by molar-refractivity contribution is -0.147. The van der Waals surface area contributed by atoms with Gasteiger partial charge in [-0.2, -0.15) is 0 Å². The molecule has 1 aromatic rings. The number of nitrogens with one attached hydrogen (secondary N) is 1. The van der Waals surface area contributed by atoms with Crippen molar-refractivity contribution in [1.82, 2.24) is 4.90 Å². The highest BCUT2D eigenvalue weighted by atomic mass is 32.2. The third-order valence-electron chi connectivity index (χ3n) is 4.75. The average molecular weight is 399 g/mol. The maximum absolute atomic E-state index is 12.8. The Morgan fingerprint density at radius 2 is 2.15 bits per heavy atom. The van der Waals surface area contributed by atoms with Gasteiger partial charge in [0.1, 0.15) is 0 Å². The summed E-state index contributed by atoms with van der Waals surface area (Å²) in [5.41, 5.74) is -0.284. The summed E-state index contributed by atoms with van der Waals surface area (Å²) >= 11 is 1.26. The summed E-state index contributed by atoms with van der Waals surface area (Å²) < 4.78 is 25.6. The monoisotopic (exact) mass is 399 g/mol. The first kappa shape index (κ1) is 19.4. The highest BCUT2D eigenvalue weighted by molar-refractivity contribution is 8.00. The zero-order valence-electron chi connectivity index (χ0n) is 14.6. The van der Waals surface area contributed by atoms with E-state index in [0.717, 1.165) is 4.90 Å². The van der Waals surface area contributed by atoms with Crippen LogP contribution in [0.4, 0.5) is 25.0 Å². The molecule has 3 amide bonds. The summed E-state index contributed by atoms with van der Waals surface area (Å²) in [4.78, 5) is 38.9. The van der Waals surface area contributed by atoms with Gasteiger partial charge in [0.05, 0.1) is 23.4 Å². The Morgan fingerprint density at radius 3 is 2.78 bits per heavy atom. The van der Waals surface area contributed by atoms with E-state index in [4.69, 9.17) is 0 Å². The van der Waals surface area contributed by atoms with Crippen LogP contribution in [0.25, 0.3) is 0 Å². The number of carbonyl (C=O) groups excluding carboxylic acids is 2. The van der Waals surface area contributed by atoms with Crippen LogP contribution in [0.5, 0.6) is 0 Å². The molecule has 2 N–H and O–H groups in total. The van der Waals surface area contributed by atoms with Crippen molar-refractivity contribution in [3.05, 3.63) is 18.2 Å². The van der Waals surface area contributed by atoms with Gasteiger partial charge in [-0.25, -0.2) is 13.6 Å². The Bertz CT molecular complexity index is 791.